The molecule has 1 aromatic carbocycles. The molecule has 0 aliphatic carbocycles. The number of amides is 3. The van der Waals surface area contributed by atoms with E-state index in [4.69, 9.17) is 11.5 Å². The van der Waals surface area contributed by atoms with E-state index < -0.39 is 53.5 Å². The third kappa shape index (κ3) is 11.5. The highest BCUT2D eigenvalue weighted by atomic mass is 79.9. The maximum absolute atomic E-state index is 12.6. The Kier molecular flexibility index (Phi) is 17.6. The van der Waals surface area contributed by atoms with Crippen molar-refractivity contribution in [1.82, 2.24) is 15.5 Å². The van der Waals surface area contributed by atoms with Crippen LogP contribution in [-0.4, -0.2) is 93.5 Å². The Balaban J connectivity index is 0. The van der Waals surface area contributed by atoms with Gasteiger partial charge in [-0.15, -0.1) is 34.0 Å². The zero-order chi connectivity index (χ0) is 25.1. The summed E-state index contributed by atoms with van der Waals surface area (Å²) in [6.45, 7) is 3.63. The Morgan fingerprint density at radius 3 is 1.94 bits per heavy atom. The van der Waals surface area contributed by atoms with Gasteiger partial charge in [-0.3, -0.25) is 14.4 Å². The lowest BCUT2D eigenvalue weighted by Crippen LogP contribution is -2.51. The van der Waals surface area contributed by atoms with Crippen LogP contribution in [0.1, 0.15) is 37.0 Å². The molecule has 12 nitrogen and oxygen atoms in total. The topological polar surface area (TPSA) is 211 Å². The number of nitrogens with zero attached hydrogens (tertiary/aromatic N) is 1. The quantitative estimate of drug-likeness (QED) is 0.100. The summed E-state index contributed by atoms with van der Waals surface area (Å²) < 4.78 is 0. The van der Waals surface area contributed by atoms with Crippen molar-refractivity contribution in [2.24, 2.45) is 11.5 Å². The van der Waals surface area contributed by atoms with Crippen molar-refractivity contribution in [3.8, 4) is 11.5 Å². The van der Waals surface area contributed by atoms with Crippen molar-refractivity contribution < 1.29 is 34.8 Å². The smallest absolute Gasteiger partial charge is 0.255 e. The van der Waals surface area contributed by atoms with Crippen LogP contribution < -0.4 is 22.1 Å². The molecule has 0 radical (unpaired) electrons. The van der Waals surface area contributed by atoms with E-state index in [1.807, 2.05) is 0 Å². The highest BCUT2D eigenvalue weighted by Crippen LogP contribution is 2.27. The van der Waals surface area contributed by atoms with Gasteiger partial charge in [0.15, 0.2) is 11.5 Å². The second-order valence-corrected chi connectivity index (χ2v) is 7.79. The van der Waals surface area contributed by atoms with Gasteiger partial charge in [-0.1, -0.05) is 6.07 Å². The summed E-state index contributed by atoms with van der Waals surface area (Å²) >= 11 is 0. The molecule has 35 heavy (non-hydrogen) atoms. The van der Waals surface area contributed by atoms with E-state index in [1.54, 1.807) is 0 Å². The summed E-state index contributed by atoms with van der Waals surface area (Å²) in [5.74, 6) is -2.50. The van der Waals surface area contributed by atoms with Crippen LogP contribution in [0.25, 0.3) is 0 Å². The molecule has 202 valence electrons. The normalized spacial score (nSPS) is 13.8. The molecular formula is C21H37Br2N5O7. The minimum atomic E-state index is -1.12. The fraction of sp³-hybridized carbons (Fsp3) is 0.571. The number of nitrogens with one attached hydrogen (secondary N) is 2. The Hall–Kier alpha value is -1.97. The number of aliphatic hydroxyl groups excluding tert-OH is 2. The van der Waals surface area contributed by atoms with Crippen LogP contribution >= 0.6 is 34.0 Å². The van der Waals surface area contributed by atoms with Crippen LogP contribution in [0.15, 0.2) is 18.2 Å². The summed E-state index contributed by atoms with van der Waals surface area (Å²) in [4.78, 5) is 38.0. The van der Waals surface area contributed by atoms with Crippen LogP contribution in [0.4, 0.5) is 0 Å². The molecule has 0 aliphatic heterocycles. The average molecular weight is 631 g/mol. The van der Waals surface area contributed by atoms with E-state index >= 15 is 0 Å². The van der Waals surface area contributed by atoms with Gasteiger partial charge in [-0.2, -0.15) is 0 Å². The lowest BCUT2D eigenvalue weighted by molar-refractivity contribution is -0.135. The summed E-state index contributed by atoms with van der Waals surface area (Å²) in [5, 5.41) is 43.4. The maximum Gasteiger partial charge on any atom is 0.255 e. The van der Waals surface area contributed by atoms with Gasteiger partial charge >= 0.3 is 0 Å². The van der Waals surface area contributed by atoms with Crippen molar-refractivity contribution in [3.05, 3.63) is 23.8 Å². The van der Waals surface area contributed by atoms with E-state index in [2.05, 4.69) is 10.6 Å². The molecule has 4 atom stereocenters. The number of para-hydroxylation sites is 1. The highest BCUT2D eigenvalue weighted by Gasteiger charge is 2.25. The van der Waals surface area contributed by atoms with Crippen molar-refractivity contribution in [2.75, 3.05) is 26.2 Å². The summed E-state index contributed by atoms with van der Waals surface area (Å²) in [5.41, 5.74) is 11.2. The first kappa shape index (κ1) is 35.2. The zero-order valence-corrected chi connectivity index (χ0v) is 23.1. The Morgan fingerprint density at radius 2 is 1.43 bits per heavy atom. The SMILES string of the molecule is Br.Br.C[C@@H](O)[C@H](N)C(=O)NCCCN(CCCNC(=O)c1cccc(O)c1O)C(=O)[C@@H](N)[C@@H](C)O. The van der Waals surface area contributed by atoms with Crippen molar-refractivity contribution >= 4 is 51.7 Å². The largest absolute Gasteiger partial charge is 0.504 e. The molecule has 0 spiro atoms. The molecule has 1 aromatic rings. The van der Waals surface area contributed by atoms with Gasteiger partial charge in [0.25, 0.3) is 5.91 Å². The van der Waals surface area contributed by atoms with E-state index in [0.29, 0.717) is 12.8 Å². The Labute approximate surface area is 225 Å². The van der Waals surface area contributed by atoms with Gasteiger partial charge in [0.1, 0.15) is 12.1 Å². The number of hydrogen-bond donors (Lipinski definition) is 8. The lowest BCUT2D eigenvalue weighted by atomic mass is 10.1. The predicted molar refractivity (Wildman–Crippen MR) is 141 cm³/mol. The van der Waals surface area contributed by atoms with Gasteiger partial charge in [-0.05, 0) is 38.8 Å². The van der Waals surface area contributed by atoms with Gasteiger partial charge in [0, 0.05) is 26.2 Å². The minimum absolute atomic E-state index is 0. The number of phenolic OH excluding ortho intramolecular Hbond substituents is 2. The van der Waals surface area contributed by atoms with Crippen LogP contribution in [0.2, 0.25) is 0 Å². The number of nitrogens with two attached hydrogens (primary N) is 2. The lowest BCUT2D eigenvalue weighted by Gasteiger charge is -2.27. The van der Waals surface area contributed by atoms with E-state index in [1.165, 1.54) is 36.9 Å². The van der Waals surface area contributed by atoms with Crippen LogP contribution in [0.3, 0.4) is 0 Å². The molecule has 0 aromatic heterocycles. The number of hydrogen-bond acceptors (Lipinski definition) is 9. The molecule has 0 saturated heterocycles. The standard InChI is InChI=1S/C21H35N5O7.2BrH/c1-12(27)16(22)20(32)25-9-5-11-26(21(33)17(23)13(2)28)10-4-8-24-19(31)14-6-3-7-15(29)18(14)30;;/h3,6-7,12-13,16-17,27-30H,4-5,8-11,22-23H2,1-2H3,(H,24,31)(H,25,32);2*1H/t12-,13-,16+,17+;;/m1../s1. The molecule has 10 N–H and O–H groups in total. The number of halogens is 2. The minimum Gasteiger partial charge on any atom is -0.504 e. The maximum atomic E-state index is 12.6. The molecule has 0 bridgehead atoms. The van der Waals surface area contributed by atoms with Crippen molar-refractivity contribution in [1.29, 1.82) is 0 Å². The second kappa shape index (κ2) is 17.5. The Morgan fingerprint density at radius 1 is 0.914 bits per heavy atom. The third-order valence-corrected chi connectivity index (χ3v) is 4.99. The number of aromatic hydroxyl groups is 2. The summed E-state index contributed by atoms with van der Waals surface area (Å²) in [6, 6.07) is 1.86. The molecular weight excluding hydrogens is 594 g/mol. The predicted octanol–water partition coefficient (Wildman–Crippen LogP) is -0.875. The van der Waals surface area contributed by atoms with E-state index in [-0.39, 0.29) is 65.7 Å². The van der Waals surface area contributed by atoms with E-state index in [9.17, 15) is 34.8 Å². The monoisotopic (exact) mass is 629 g/mol. The number of phenols is 2. The van der Waals surface area contributed by atoms with Gasteiger partial charge in [-0.25, -0.2) is 0 Å². The van der Waals surface area contributed by atoms with Gasteiger partial charge in [0.2, 0.25) is 11.8 Å². The summed E-state index contributed by atoms with van der Waals surface area (Å²) in [6.07, 6.45) is -1.33. The van der Waals surface area contributed by atoms with Crippen molar-refractivity contribution in [3.63, 3.8) is 0 Å². The summed E-state index contributed by atoms with van der Waals surface area (Å²) in [7, 11) is 0. The number of benzene rings is 1. The Bertz CT molecular complexity index is 814. The molecule has 1 rings (SSSR count). The number of aliphatic hydroxyl groups is 2. The fourth-order valence-electron chi connectivity index (χ4n) is 2.85. The zero-order valence-electron chi connectivity index (χ0n) is 19.7. The van der Waals surface area contributed by atoms with Crippen LogP contribution in [0, 0.1) is 0 Å². The molecule has 0 heterocycles. The van der Waals surface area contributed by atoms with Crippen LogP contribution in [0.5, 0.6) is 11.5 Å². The fourth-order valence-corrected chi connectivity index (χ4v) is 2.85. The van der Waals surface area contributed by atoms with Crippen molar-refractivity contribution in [2.45, 2.75) is 51.0 Å². The van der Waals surface area contributed by atoms with Crippen LogP contribution in [-0.2, 0) is 9.59 Å². The molecule has 3 amide bonds. The van der Waals surface area contributed by atoms with Gasteiger partial charge in [0.05, 0.1) is 17.8 Å². The molecule has 0 fully saturated rings. The molecule has 0 aliphatic rings. The first-order valence-electron chi connectivity index (χ1n) is 10.7. The molecule has 14 heteroatoms. The molecule has 0 saturated carbocycles. The van der Waals surface area contributed by atoms with E-state index in [0.717, 1.165) is 0 Å². The second-order valence-electron chi connectivity index (χ2n) is 7.79. The number of carbonyl (C=O) groups is 3. The third-order valence-electron chi connectivity index (χ3n) is 4.99. The molecule has 0 unspecified atom stereocenters. The number of carbonyl (C=O) groups excluding carboxylic acids is 3. The average Bonchev–Trinajstić information content (AvgIpc) is 2.77. The first-order chi connectivity index (χ1) is 15.5. The first-order valence-corrected chi connectivity index (χ1v) is 10.7. The highest BCUT2D eigenvalue weighted by molar-refractivity contribution is 8.93. The number of rotatable bonds is 13. The van der Waals surface area contributed by atoms with Gasteiger partial charge < -0.3 is 47.4 Å².